The van der Waals surface area contributed by atoms with Crippen LogP contribution < -0.4 is 9.64 Å². The Kier molecular flexibility index (Phi) is 6.93. The predicted octanol–water partition coefficient (Wildman–Crippen LogP) is 15.0. The molecular weight excluding hydrogens is 729 g/mol. The van der Waals surface area contributed by atoms with E-state index < -0.39 is 5.41 Å². The van der Waals surface area contributed by atoms with Gasteiger partial charge in [0, 0.05) is 50.4 Å². The third-order valence-electron chi connectivity index (χ3n) is 13.0. The summed E-state index contributed by atoms with van der Waals surface area (Å²) in [7, 11) is 0. The minimum atomic E-state index is -0.604. The van der Waals surface area contributed by atoms with Gasteiger partial charge in [0.15, 0.2) is 0 Å². The first-order chi connectivity index (χ1) is 29.8. The molecule has 2 heterocycles. The highest BCUT2D eigenvalue weighted by atomic mass is 16.5. The smallest absolute Gasteiger partial charge is 0.134 e. The second-order valence-corrected chi connectivity index (χ2v) is 16.0. The van der Waals surface area contributed by atoms with Crippen LogP contribution in [0.1, 0.15) is 22.3 Å². The van der Waals surface area contributed by atoms with Crippen molar-refractivity contribution in [2.45, 2.75) is 5.41 Å². The minimum Gasteiger partial charge on any atom is -0.457 e. The van der Waals surface area contributed by atoms with E-state index in [2.05, 4.69) is 228 Å². The van der Waals surface area contributed by atoms with E-state index >= 15 is 0 Å². The largest absolute Gasteiger partial charge is 0.457 e. The molecule has 0 amide bonds. The standard InChI is InChI=1S/C57H36N2O/c1-2-19-39(20-3-1)59-52-28-10-7-23-44(52)45-33-31-40(35-53(45)59)58(51-29-14-16-37-15-4-5-21-42(37)51)41-32-34-49-55(36-41)60-54-30-11-9-26-48(54)57(49)47-25-8-6-22-43(47)46-24-12-17-38-18-13-27-50(57)56(38)46/h1-36H. The van der Waals surface area contributed by atoms with Crippen LogP contribution in [0.15, 0.2) is 218 Å². The first kappa shape index (κ1) is 33.1. The molecule has 11 aromatic rings. The van der Waals surface area contributed by atoms with Gasteiger partial charge in [-0.25, -0.2) is 0 Å². The summed E-state index contributed by atoms with van der Waals surface area (Å²) in [6, 6.07) is 79.7. The van der Waals surface area contributed by atoms with E-state index in [0.717, 1.165) is 50.9 Å². The second kappa shape index (κ2) is 12.6. The second-order valence-electron chi connectivity index (χ2n) is 16.0. The molecule has 1 atom stereocenters. The van der Waals surface area contributed by atoms with Gasteiger partial charge in [0.2, 0.25) is 0 Å². The van der Waals surface area contributed by atoms with Crippen LogP contribution in [0.5, 0.6) is 11.5 Å². The maximum atomic E-state index is 7.11. The lowest BCUT2D eigenvalue weighted by Gasteiger charge is -2.45. The van der Waals surface area contributed by atoms with Crippen LogP contribution in [0, 0.1) is 0 Å². The number of benzene rings is 10. The third-order valence-corrected chi connectivity index (χ3v) is 13.0. The van der Waals surface area contributed by atoms with Crippen LogP contribution in [0.2, 0.25) is 0 Å². The van der Waals surface area contributed by atoms with Gasteiger partial charge in [-0.3, -0.25) is 0 Å². The summed E-state index contributed by atoms with van der Waals surface area (Å²) in [5.74, 6) is 1.72. The van der Waals surface area contributed by atoms with E-state index in [0.29, 0.717) is 0 Å². The lowest BCUT2D eigenvalue weighted by atomic mass is 9.58. The maximum absolute atomic E-state index is 7.11. The van der Waals surface area contributed by atoms with E-state index in [1.165, 1.54) is 60.1 Å². The Morgan fingerprint density at radius 3 is 1.92 bits per heavy atom. The lowest BCUT2D eigenvalue weighted by Crippen LogP contribution is -2.36. The molecule has 0 saturated heterocycles. The molecular formula is C57H36N2O. The van der Waals surface area contributed by atoms with Crippen molar-refractivity contribution in [3.05, 3.63) is 241 Å². The molecule has 1 aliphatic heterocycles. The number of fused-ring (bicyclic) bond motifs is 12. The highest BCUT2D eigenvalue weighted by molar-refractivity contribution is 6.11. The Balaban J connectivity index is 1.10. The Hall–Kier alpha value is -7.88. The fourth-order valence-electron chi connectivity index (χ4n) is 10.6. The molecule has 1 aromatic heterocycles. The molecule has 280 valence electrons. The van der Waals surface area contributed by atoms with E-state index in [1.807, 2.05) is 0 Å². The quantitative estimate of drug-likeness (QED) is 0.178. The molecule has 2 aliphatic rings. The van der Waals surface area contributed by atoms with E-state index in [1.54, 1.807) is 0 Å². The van der Waals surface area contributed by atoms with Crippen LogP contribution in [-0.4, -0.2) is 4.57 Å². The summed E-state index contributed by atoms with van der Waals surface area (Å²) in [5.41, 5.74) is 13.4. The Morgan fingerprint density at radius 2 is 1.00 bits per heavy atom. The van der Waals surface area contributed by atoms with Crippen LogP contribution in [0.25, 0.3) is 60.2 Å². The average Bonchev–Trinajstić information content (AvgIpc) is 3.64. The number of anilines is 3. The number of ether oxygens (including phenoxy) is 1. The molecule has 0 N–H and O–H groups in total. The van der Waals surface area contributed by atoms with Crippen LogP contribution >= 0.6 is 0 Å². The Morgan fingerprint density at radius 1 is 0.383 bits per heavy atom. The van der Waals surface area contributed by atoms with Gasteiger partial charge in [0.25, 0.3) is 0 Å². The summed E-state index contributed by atoms with van der Waals surface area (Å²) in [6.07, 6.45) is 0. The van der Waals surface area contributed by atoms with Gasteiger partial charge < -0.3 is 14.2 Å². The van der Waals surface area contributed by atoms with Crippen molar-refractivity contribution in [2.75, 3.05) is 4.90 Å². The first-order valence-electron chi connectivity index (χ1n) is 20.7. The van der Waals surface area contributed by atoms with Gasteiger partial charge in [0.05, 0.1) is 22.1 Å². The third kappa shape index (κ3) is 4.49. The number of para-hydroxylation sites is 3. The highest BCUT2D eigenvalue weighted by Gasteiger charge is 2.49. The summed E-state index contributed by atoms with van der Waals surface area (Å²) >= 11 is 0. The molecule has 13 rings (SSSR count). The SMILES string of the molecule is c1ccc(-n2c3ccccc3c3ccc(N(c4ccc5c(c4)Oc4ccccc4C54c5ccccc5-c5cccc6cccc4c56)c4cccc5ccccc45)cc32)cc1. The maximum Gasteiger partial charge on any atom is 0.134 e. The summed E-state index contributed by atoms with van der Waals surface area (Å²) in [6.45, 7) is 0. The van der Waals surface area contributed by atoms with Gasteiger partial charge in [0.1, 0.15) is 11.5 Å². The summed E-state index contributed by atoms with van der Waals surface area (Å²) in [4.78, 5) is 2.41. The molecule has 3 nitrogen and oxygen atoms in total. The fraction of sp³-hybridized carbons (Fsp3) is 0.0175. The van der Waals surface area contributed by atoms with Crippen molar-refractivity contribution >= 4 is 60.4 Å². The number of rotatable bonds is 4. The van der Waals surface area contributed by atoms with E-state index in [4.69, 9.17) is 4.74 Å². The number of aromatic nitrogens is 1. The molecule has 1 aliphatic carbocycles. The molecule has 0 fully saturated rings. The van der Waals surface area contributed by atoms with Gasteiger partial charge in [-0.15, -0.1) is 0 Å². The molecule has 1 unspecified atom stereocenters. The van der Waals surface area contributed by atoms with Crippen molar-refractivity contribution in [3.8, 4) is 28.3 Å². The van der Waals surface area contributed by atoms with Gasteiger partial charge >= 0.3 is 0 Å². The molecule has 60 heavy (non-hydrogen) atoms. The van der Waals surface area contributed by atoms with Crippen molar-refractivity contribution < 1.29 is 4.74 Å². The number of nitrogens with zero attached hydrogens (tertiary/aromatic N) is 2. The van der Waals surface area contributed by atoms with E-state index in [-0.39, 0.29) is 0 Å². The van der Waals surface area contributed by atoms with Crippen molar-refractivity contribution in [1.82, 2.24) is 4.57 Å². The van der Waals surface area contributed by atoms with Gasteiger partial charge in [-0.2, -0.15) is 0 Å². The normalized spacial score (nSPS) is 14.9. The van der Waals surface area contributed by atoms with Crippen LogP contribution in [0.3, 0.4) is 0 Å². The van der Waals surface area contributed by atoms with Crippen LogP contribution in [0.4, 0.5) is 17.1 Å². The van der Waals surface area contributed by atoms with Crippen LogP contribution in [-0.2, 0) is 5.41 Å². The molecule has 3 heteroatoms. The average molecular weight is 765 g/mol. The topological polar surface area (TPSA) is 17.4 Å². The summed E-state index contributed by atoms with van der Waals surface area (Å²) in [5, 5.41) is 7.35. The molecule has 0 radical (unpaired) electrons. The Labute approximate surface area is 347 Å². The lowest BCUT2D eigenvalue weighted by molar-refractivity contribution is 0.435. The van der Waals surface area contributed by atoms with Gasteiger partial charge in [-0.1, -0.05) is 164 Å². The van der Waals surface area contributed by atoms with Gasteiger partial charge in [-0.05, 0) is 86.9 Å². The zero-order valence-electron chi connectivity index (χ0n) is 32.6. The molecule has 0 saturated carbocycles. The monoisotopic (exact) mass is 764 g/mol. The van der Waals surface area contributed by atoms with Crippen molar-refractivity contribution in [2.24, 2.45) is 0 Å². The highest BCUT2D eigenvalue weighted by Crippen LogP contribution is 2.61. The minimum absolute atomic E-state index is 0.604. The Bertz CT molecular complexity index is 3540. The predicted molar refractivity (Wildman–Crippen MR) is 248 cm³/mol. The molecule has 1 spiro atoms. The fourth-order valence-corrected chi connectivity index (χ4v) is 10.6. The van der Waals surface area contributed by atoms with Crippen molar-refractivity contribution in [1.29, 1.82) is 0 Å². The number of hydrogen-bond donors (Lipinski definition) is 0. The number of hydrogen-bond acceptors (Lipinski definition) is 2. The van der Waals surface area contributed by atoms with E-state index in [9.17, 15) is 0 Å². The first-order valence-corrected chi connectivity index (χ1v) is 20.7. The molecule has 10 aromatic carbocycles. The van der Waals surface area contributed by atoms with Crippen molar-refractivity contribution in [3.63, 3.8) is 0 Å². The molecule has 0 bridgehead atoms. The zero-order chi connectivity index (χ0) is 39.4. The summed E-state index contributed by atoms with van der Waals surface area (Å²) < 4.78 is 9.50. The zero-order valence-corrected chi connectivity index (χ0v) is 32.6.